The van der Waals surface area contributed by atoms with E-state index in [4.69, 9.17) is 18.9 Å². The number of aliphatic hydroxyl groups is 8. The third kappa shape index (κ3) is 48.8. The van der Waals surface area contributed by atoms with Crippen LogP contribution in [0.3, 0.4) is 0 Å². The fourth-order valence-electron chi connectivity index (χ4n) is 12.2. The highest BCUT2D eigenvalue weighted by atomic mass is 16.7. The number of carbonyl (C=O) groups is 1. The molecule has 1 amide bonds. The van der Waals surface area contributed by atoms with Crippen molar-refractivity contribution in [2.75, 3.05) is 19.8 Å². The molecule has 2 heterocycles. The summed E-state index contributed by atoms with van der Waals surface area (Å²) in [6.07, 6.45) is 79.8. The largest absolute Gasteiger partial charge is 0.394 e. The summed E-state index contributed by atoms with van der Waals surface area (Å²) in [7, 11) is 0. The number of aliphatic hydroxyl groups excluding tert-OH is 8. The zero-order valence-corrected chi connectivity index (χ0v) is 61.0. The molecule has 0 bridgehead atoms. The summed E-state index contributed by atoms with van der Waals surface area (Å²) >= 11 is 0. The predicted octanol–water partition coefficient (Wildman–Crippen LogP) is 17.6. The number of rotatable bonds is 64. The fraction of sp³-hybridized carbons (Fsp3) is 0.747. The summed E-state index contributed by atoms with van der Waals surface area (Å²) in [5.74, 6) is -0.255. The van der Waals surface area contributed by atoms with Gasteiger partial charge in [-0.15, -0.1) is 0 Å². The van der Waals surface area contributed by atoms with Gasteiger partial charge < -0.3 is 65.1 Å². The van der Waals surface area contributed by atoms with Gasteiger partial charge in [-0.2, -0.15) is 0 Å². The zero-order chi connectivity index (χ0) is 70.1. The van der Waals surface area contributed by atoms with Crippen LogP contribution in [0.25, 0.3) is 0 Å². The highest BCUT2D eigenvalue weighted by Gasteiger charge is 2.51. The third-order valence-corrected chi connectivity index (χ3v) is 18.4. The van der Waals surface area contributed by atoms with E-state index < -0.39 is 86.8 Å². The average molecular weight is 1360 g/mol. The standard InChI is InChI=1S/C83H143NO13/c1-3-5-7-9-11-13-15-17-19-21-23-25-27-29-31-32-33-34-35-36-37-38-39-40-41-43-45-47-49-51-53-55-57-59-61-63-65-67-75(88)84-71(70-94-82-80(93)78(91)81(74(69-86)96-82)97-83-79(92)77(90)76(89)73(68-85)95-83)72(87)66-64-62-60-58-56-54-52-50-48-46-44-42-30-28-26-24-22-20-18-16-14-12-10-8-6-4-2/h5,7,11,13,17,19,23,25,29,31,33-34,36-37,48,50,56,58,64,66,71-74,76-83,85-87,89-93H,3-4,6,8-10,12,14-16,18,20-22,24,26-28,30,32,35,38-47,49,51-55,57,59-63,65,67-70H2,1-2H3,(H,84,88)/b7-5-,13-11-,19-17-,25-23-,31-29-,34-33-,37-36-,50-48+,58-56+,66-64+. The molecule has 0 aromatic carbocycles. The molecule has 14 nitrogen and oxygen atoms in total. The Morgan fingerprint density at radius 3 is 1.13 bits per heavy atom. The number of hydrogen-bond acceptors (Lipinski definition) is 13. The van der Waals surface area contributed by atoms with Crippen molar-refractivity contribution in [3.63, 3.8) is 0 Å². The summed E-state index contributed by atoms with van der Waals surface area (Å²) in [6, 6.07) is -0.947. The van der Waals surface area contributed by atoms with Crippen molar-refractivity contribution in [2.24, 2.45) is 0 Å². The molecule has 2 rings (SSSR count). The van der Waals surface area contributed by atoms with Gasteiger partial charge in [0.2, 0.25) is 5.91 Å². The molecule has 14 heteroatoms. The molecule has 12 atom stereocenters. The molecule has 2 aliphatic rings. The van der Waals surface area contributed by atoms with Crippen LogP contribution in [0.4, 0.5) is 0 Å². The Labute approximate surface area is 590 Å². The Kier molecular flexibility index (Phi) is 60.6. The molecule has 0 aromatic heterocycles. The molecule has 0 radical (unpaired) electrons. The monoisotopic (exact) mass is 1360 g/mol. The van der Waals surface area contributed by atoms with E-state index in [0.717, 1.165) is 89.9 Å². The second-order valence-electron chi connectivity index (χ2n) is 27.1. The highest BCUT2D eigenvalue weighted by Crippen LogP contribution is 2.30. The van der Waals surface area contributed by atoms with Crippen LogP contribution in [-0.4, -0.2) is 140 Å². The molecule has 0 aliphatic carbocycles. The summed E-state index contributed by atoms with van der Waals surface area (Å²) in [5, 5.41) is 87.6. The lowest BCUT2D eigenvalue weighted by atomic mass is 9.97. The molecule has 0 aromatic rings. The molecule has 0 saturated carbocycles. The minimum absolute atomic E-state index is 0.255. The molecular weight excluding hydrogens is 1220 g/mol. The van der Waals surface area contributed by atoms with Crippen molar-refractivity contribution >= 4 is 5.91 Å². The Bertz CT molecular complexity index is 2100. The molecule has 9 N–H and O–H groups in total. The summed E-state index contributed by atoms with van der Waals surface area (Å²) in [6.45, 7) is 2.69. The first-order valence-corrected chi connectivity index (χ1v) is 39.3. The molecule has 97 heavy (non-hydrogen) atoms. The maximum Gasteiger partial charge on any atom is 0.220 e. The summed E-state index contributed by atoms with van der Waals surface area (Å²) in [5.41, 5.74) is 0. The SMILES string of the molecule is CC/C=C\C/C=C\C/C=C\C/C=C\C/C=C\C/C=C\C/C=C\CCCCCCCCCCCCCCCCCC(=O)NC(COC1OC(CO)C(OC2OC(CO)C(O)C(O)C2O)C(O)C1O)C(O)/C=C/CC/C=C/CC/C=C/CCCCCCCCCCCCCCCCCC. The maximum atomic E-state index is 13.4. The number of hydrogen-bond donors (Lipinski definition) is 9. The minimum Gasteiger partial charge on any atom is -0.394 e. The van der Waals surface area contributed by atoms with Crippen LogP contribution in [-0.2, 0) is 23.7 Å². The lowest BCUT2D eigenvalue weighted by Crippen LogP contribution is -2.65. The van der Waals surface area contributed by atoms with Gasteiger partial charge in [-0.1, -0.05) is 315 Å². The van der Waals surface area contributed by atoms with Gasteiger partial charge in [0.15, 0.2) is 12.6 Å². The van der Waals surface area contributed by atoms with E-state index >= 15 is 0 Å². The number of unbranched alkanes of at least 4 members (excludes halogenated alkanes) is 33. The summed E-state index contributed by atoms with van der Waals surface area (Å²) < 4.78 is 22.9. The molecule has 558 valence electrons. The Hall–Kier alpha value is -3.61. The quantitative estimate of drug-likeness (QED) is 0.0204. The maximum absolute atomic E-state index is 13.4. The number of amides is 1. The third-order valence-electron chi connectivity index (χ3n) is 18.4. The van der Waals surface area contributed by atoms with E-state index in [0.29, 0.717) is 12.8 Å². The van der Waals surface area contributed by atoms with Crippen molar-refractivity contribution in [2.45, 2.75) is 376 Å². The van der Waals surface area contributed by atoms with Crippen molar-refractivity contribution in [1.82, 2.24) is 5.32 Å². The van der Waals surface area contributed by atoms with Gasteiger partial charge in [-0.25, -0.2) is 0 Å². The minimum atomic E-state index is -1.80. The highest BCUT2D eigenvalue weighted by molar-refractivity contribution is 5.76. The molecule has 0 spiro atoms. The van der Waals surface area contributed by atoms with Gasteiger partial charge in [0, 0.05) is 6.42 Å². The molecule has 2 saturated heterocycles. The van der Waals surface area contributed by atoms with E-state index in [2.05, 4.69) is 129 Å². The number of nitrogens with one attached hydrogen (secondary N) is 1. The molecule has 12 unspecified atom stereocenters. The van der Waals surface area contributed by atoms with Gasteiger partial charge in [0.25, 0.3) is 0 Å². The van der Waals surface area contributed by atoms with Crippen molar-refractivity contribution in [3.8, 4) is 0 Å². The van der Waals surface area contributed by atoms with Crippen LogP contribution in [0.2, 0.25) is 0 Å². The zero-order valence-electron chi connectivity index (χ0n) is 61.0. The average Bonchev–Trinajstić information content (AvgIpc) is 0.794. The van der Waals surface area contributed by atoms with Crippen molar-refractivity contribution in [3.05, 3.63) is 122 Å². The van der Waals surface area contributed by atoms with Gasteiger partial charge in [0.1, 0.15) is 48.8 Å². The fourth-order valence-corrected chi connectivity index (χ4v) is 12.2. The van der Waals surface area contributed by atoms with Crippen LogP contribution in [0.15, 0.2) is 122 Å². The Balaban J connectivity index is 1.64. The lowest BCUT2D eigenvalue weighted by Gasteiger charge is -2.46. The van der Waals surface area contributed by atoms with Crippen LogP contribution in [0.1, 0.15) is 303 Å². The Morgan fingerprint density at radius 1 is 0.381 bits per heavy atom. The van der Waals surface area contributed by atoms with Gasteiger partial charge in [-0.05, 0) is 103 Å². The van der Waals surface area contributed by atoms with Crippen molar-refractivity contribution < 1.29 is 64.6 Å². The second-order valence-corrected chi connectivity index (χ2v) is 27.1. The van der Waals surface area contributed by atoms with Crippen LogP contribution in [0, 0.1) is 0 Å². The number of carbonyl (C=O) groups excluding carboxylic acids is 1. The van der Waals surface area contributed by atoms with E-state index in [1.165, 1.54) is 180 Å². The molecule has 2 aliphatic heterocycles. The van der Waals surface area contributed by atoms with E-state index in [1.54, 1.807) is 6.08 Å². The van der Waals surface area contributed by atoms with Crippen LogP contribution < -0.4 is 5.32 Å². The topological polar surface area (TPSA) is 228 Å². The first-order chi connectivity index (χ1) is 47.6. The summed E-state index contributed by atoms with van der Waals surface area (Å²) in [4.78, 5) is 13.4. The first-order valence-electron chi connectivity index (χ1n) is 39.3. The lowest BCUT2D eigenvalue weighted by molar-refractivity contribution is -0.359. The smallest absolute Gasteiger partial charge is 0.220 e. The van der Waals surface area contributed by atoms with Crippen LogP contribution >= 0.6 is 0 Å². The van der Waals surface area contributed by atoms with E-state index in [9.17, 15) is 45.6 Å². The second kappa shape index (κ2) is 65.7. The van der Waals surface area contributed by atoms with E-state index in [-0.39, 0.29) is 18.9 Å². The number of ether oxygens (including phenoxy) is 4. The van der Waals surface area contributed by atoms with Gasteiger partial charge in [0.05, 0.1) is 32.0 Å². The predicted molar refractivity (Wildman–Crippen MR) is 401 cm³/mol. The molecule has 2 fully saturated rings. The number of allylic oxidation sites excluding steroid dienone is 19. The van der Waals surface area contributed by atoms with Gasteiger partial charge >= 0.3 is 0 Å². The van der Waals surface area contributed by atoms with Gasteiger partial charge in [-0.3, -0.25) is 4.79 Å². The molecular formula is C83H143NO13. The van der Waals surface area contributed by atoms with E-state index in [1.807, 2.05) is 6.08 Å². The Morgan fingerprint density at radius 2 is 0.722 bits per heavy atom. The van der Waals surface area contributed by atoms with Crippen LogP contribution in [0.5, 0.6) is 0 Å². The van der Waals surface area contributed by atoms with Crippen molar-refractivity contribution in [1.29, 1.82) is 0 Å². The normalized spacial score (nSPS) is 22.8. The first kappa shape index (κ1) is 89.5.